The molecule has 0 aliphatic rings. The summed E-state index contributed by atoms with van der Waals surface area (Å²) in [6.07, 6.45) is 0.0958. The first-order chi connectivity index (χ1) is 8.15. The molecule has 0 fully saturated rings. The number of amides is 1. The summed E-state index contributed by atoms with van der Waals surface area (Å²) in [7, 11) is 0. The van der Waals surface area contributed by atoms with Gasteiger partial charge in [-0.1, -0.05) is 23.4 Å². The molecule has 1 aromatic heterocycles. The lowest BCUT2D eigenvalue weighted by Gasteiger charge is -2.03. The number of rotatable bonds is 3. The number of hydrogen-bond acceptors (Lipinski definition) is 4. The maximum Gasteiger partial charge on any atom is 0.230 e. The fourth-order valence-electron chi connectivity index (χ4n) is 1.45. The second kappa shape index (κ2) is 4.69. The van der Waals surface area contributed by atoms with Gasteiger partial charge in [0.15, 0.2) is 5.82 Å². The van der Waals surface area contributed by atoms with Crippen molar-refractivity contribution < 1.29 is 14.4 Å². The molecule has 0 spiro atoms. The monoisotopic (exact) mass is 232 g/mol. The first kappa shape index (κ1) is 11.2. The fraction of sp³-hybridized carbons (Fsp3) is 0.167. The molecule has 0 saturated carbocycles. The highest BCUT2D eigenvalue weighted by Crippen LogP contribution is 2.16. The van der Waals surface area contributed by atoms with Gasteiger partial charge in [0.1, 0.15) is 11.5 Å². The van der Waals surface area contributed by atoms with Crippen molar-refractivity contribution in [1.29, 1.82) is 0 Å². The topological polar surface area (TPSA) is 75.4 Å². The Morgan fingerprint density at radius 3 is 2.88 bits per heavy atom. The average Bonchev–Trinajstić information content (AvgIpc) is 2.67. The van der Waals surface area contributed by atoms with Gasteiger partial charge in [-0.25, -0.2) is 0 Å². The van der Waals surface area contributed by atoms with Crippen molar-refractivity contribution >= 4 is 11.7 Å². The summed E-state index contributed by atoms with van der Waals surface area (Å²) in [5, 5.41) is 15.7. The third-order valence-corrected chi connectivity index (χ3v) is 2.24. The number of phenols is 1. The van der Waals surface area contributed by atoms with Crippen molar-refractivity contribution in [3.8, 4) is 5.75 Å². The molecule has 2 aromatic rings. The maximum atomic E-state index is 11.6. The summed E-state index contributed by atoms with van der Waals surface area (Å²) in [6, 6.07) is 8.34. The lowest BCUT2D eigenvalue weighted by atomic mass is 10.1. The summed E-state index contributed by atoms with van der Waals surface area (Å²) in [4.78, 5) is 11.6. The Bertz CT molecular complexity index is 534. The van der Waals surface area contributed by atoms with E-state index in [0.717, 1.165) is 0 Å². The van der Waals surface area contributed by atoms with E-state index in [-0.39, 0.29) is 18.1 Å². The van der Waals surface area contributed by atoms with Gasteiger partial charge in [0.2, 0.25) is 5.91 Å². The van der Waals surface area contributed by atoms with Gasteiger partial charge in [-0.05, 0) is 13.0 Å². The first-order valence-corrected chi connectivity index (χ1v) is 5.15. The van der Waals surface area contributed by atoms with E-state index in [0.29, 0.717) is 17.1 Å². The number of anilines is 1. The molecule has 5 heteroatoms. The zero-order chi connectivity index (χ0) is 12.3. The van der Waals surface area contributed by atoms with Crippen LogP contribution in [-0.4, -0.2) is 16.2 Å². The van der Waals surface area contributed by atoms with Crippen molar-refractivity contribution in [2.45, 2.75) is 13.3 Å². The quantitative estimate of drug-likeness (QED) is 0.847. The number of para-hydroxylation sites is 1. The van der Waals surface area contributed by atoms with Crippen LogP contribution in [0.25, 0.3) is 0 Å². The molecule has 1 amide bonds. The zero-order valence-corrected chi connectivity index (χ0v) is 9.30. The van der Waals surface area contributed by atoms with E-state index in [1.165, 1.54) is 0 Å². The first-order valence-electron chi connectivity index (χ1n) is 5.15. The van der Waals surface area contributed by atoms with Crippen LogP contribution in [-0.2, 0) is 11.2 Å². The molecule has 0 atom stereocenters. The highest BCUT2D eigenvalue weighted by molar-refractivity contribution is 5.91. The second-order valence-electron chi connectivity index (χ2n) is 3.68. The van der Waals surface area contributed by atoms with Gasteiger partial charge in [-0.2, -0.15) is 0 Å². The highest BCUT2D eigenvalue weighted by Gasteiger charge is 2.09. The lowest BCUT2D eigenvalue weighted by Crippen LogP contribution is -2.14. The minimum Gasteiger partial charge on any atom is -0.508 e. The SMILES string of the molecule is Cc1cc(NC(=O)Cc2ccccc2O)no1. The van der Waals surface area contributed by atoms with E-state index in [1.54, 1.807) is 37.3 Å². The van der Waals surface area contributed by atoms with Crippen LogP contribution >= 0.6 is 0 Å². The molecular weight excluding hydrogens is 220 g/mol. The summed E-state index contributed by atoms with van der Waals surface area (Å²) in [5.74, 6) is 0.865. The second-order valence-corrected chi connectivity index (χ2v) is 3.68. The number of carbonyl (C=O) groups excluding carboxylic acids is 1. The number of phenolic OH excluding ortho intramolecular Hbond substituents is 1. The molecule has 2 rings (SSSR count). The number of nitrogens with one attached hydrogen (secondary N) is 1. The predicted molar refractivity (Wildman–Crippen MR) is 61.7 cm³/mol. The van der Waals surface area contributed by atoms with Crippen LogP contribution in [0.5, 0.6) is 5.75 Å². The molecule has 1 aromatic carbocycles. The molecule has 88 valence electrons. The van der Waals surface area contributed by atoms with Crippen LogP contribution in [0.3, 0.4) is 0 Å². The molecule has 0 saturated heterocycles. The number of carbonyl (C=O) groups is 1. The van der Waals surface area contributed by atoms with Gasteiger partial charge in [0.25, 0.3) is 0 Å². The van der Waals surface area contributed by atoms with E-state index >= 15 is 0 Å². The number of benzene rings is 1. The van der Waals surface area contributed by atoms with E-state index in [1.807, 2.05) is 0 Å². The lowest BCUT2D eigenvalue weighted by molar-refractivity contribution is -0.115. The van der Waals surface area contributed by atoms with Gasteiger partial charge in [0, 0.05) is 11.6 Å². The van der Waals surface area contributed by atoms with Crippen LogP contribution in [0, 0.1) is 6.92 Å². The van der Waals surface area contributed by atoms with Gasteiger partial charge in [-0.3, -0.25) is 4.79 Å². The van der Waals surface area contributed by atoms with Crippen molar-refractivity contribution in [2.75, 3.05) is 5.32 Å². The Morgan fingerprint density at radius 1 is 1.47 bits per heavy atom. The number of aromatic hydroxyl groups is 1. The number of nitrogens with zero attached hydrogens (tertiary/aromatic N) is 1. The van der Waals surface area contributed by atoms with E-state index < -0.39 is 0 Å². The fourth-order valence-corrected chi connectivity index (χ4v) is 1.45. The molecule has 0 unspecified atom stereocenters. The molecule has 0 aliphatic heterocycles. The van der Waals surface area contributed by atoms with Crippen LogP contribution < -0.4 is 5.32 Å². The Hall–Kier alpha value is -2.30. The third-order valence-electron chi connectivity index (χ3n) is 2.24. The number of aryl methyl sites for hydroxylation is 1. The standard InChI is InChI=1S/C12H12N2O3/c1-8-6-11(14-17-8)13-12(16)7-9-4-2-3-5-10(9)15/h2-6,15H,7H2,1H3,(H,13,14,16). The summed E-state index contributed by atoms with van der Waals surface area (Å²) < 4.78 is 4.83. The number of hydrogen-bond donors (Lipinski definition) is 2. The van der Waals surface area contributed by atoms with Crippen LogP contribution in [0.2, 0.25) is 0 Å². The van der Waals surface area contributed by atoms with Crippen molar-refractivity contribution in [3.63, 3.8) is 0 Å². The molecular formula is C12H12N2O3. The summed E-state index contributed by atoms with van der Waals surface area (Å²) >= 11 is 0. The molecule has 0 bridgehead atoms. The molecule has 5 nitrogen and oxygen atoms in total. The largest absolute Gasteiger partial charge is 0.508 e. The van der Waals surface area contributed by atoms with Crippen LogP contribution in [0.15, 0.2) is 34.9 Å². The van der Waals surface area contributed by atoms with Crippen LogP contribution in [0.1, 0.15) is 11.3 Å². The van der Waals surface area contributed by atoms with Crippen LogP contribution in [0.4, 0.5) is 5.82 Å². The Balaban J connectivity index is 2.01. The van der Waals surface area contributed by atoms with Gasteiger partial charge in [-0.15, -0.1) is 0 Å². The normalized spacial score (nSPS) is 10.2. The number of aromatic nitrogens is 1. The zero-order valence-electron chi connectivity index (χ0n) is 9.30. The predicted octanol–water partition coefficient (Wildman–Crippen LogP) is 1.87. The average molecular weight is 232 g/mol. The molecule has 17 heavy (non-hydrogen) atoms. The molecule has 2 N–H and O–H groups in total. The van der Waals surface area contributed by atoms with Gasteiger partial charge < -0.3 is 14.9 Å². The highest BCUT2D eigenvalue weighted by atomic mass is 16.5. The molecule has 0 radical (unpaired) electrons. The van der Waals surface area contributed by atoms with E-state index in [4.69, 9.17) is 4.52 Å². The van der Waals surface area contributed by atoms with Crippen molar-refractivity contribution in [1.82, 2.24) is 5.16 Å². The smallest absolute Gasteiger partial charge is 0.230 e. The summed E-state index contributed by atoms with van der Waals surface area (Å²) in [6.45, 7) is 1.74. The third kappa shape index (κ3) is 2.84. The van der Waals surface area contributed by atoms with Crippen molar-refractivity contribution in [3.05, 3.63) is 41.7 Å². The van der Waals surface area contributed by atoms with E-state index in [9.17, 15) is 9.90 Å². The Morgan fingerprint density at radius 2 is 2.24 bits per heavy atom. The molecule has 0 aliphatic carbocycles. The summed E-state index contributed by atoms with van der Waals surface area (Å²) in [5.41, 5.74) is 0.574. The minimum atomic E-state index is -0.250. The molecule has 1 heterocycles. The Kier molecular flexibility index (Phi) is 3.09. The van der Waals surface area contributed by atoms with Gasteiger partial charge >= 0.3 is 0 Å². The van der Waals surface area contributed by atoms with E-state index in [2.05, 4.69) is 10.5 Å². The van der Waals surface area contributed by atoms with Gasteiger partial charge in [0.05, 0.1) is 6.42 Å². The van der Waals surface area contributed by atoms with Crippen molar-refractivity contribution in [2.24, 2.45) is 0 Å². The Labute approximate surface area is 98.1 Å². The maximum absolute atomic E-state index is 11.6. The minimum absolute atomic E-state index is 0.0958.